The molecule has 2 aromatic rings. The van der Waals surface area contributed by atoms with Crippen LogP contribution in [0.4, 0.5) is 35.0 Å². The van der Waals surface area contributed by atoms with E-state index in [0.717, 1.165) is 23.5 Å². The molecule has 144 valence electrons. The van der Waals surface area contributed by atoms with Crippen LogP contribution in [0, 0.1) is 17.5 Å². The van der Waals surface area contributed by atoms with Crippen LogP contribution in [0.15, 0.2) is 36.4 Å². The molecule has 1 saturated heterocycles. The van der Waals surface area contributed by atoms with Gasteiger partial charge in [0.15, 0.2) is 17.5 Å². The fourth-order valence-corrected chi connectivity index (χ4v) is 2.95. The Morgan fingerprint density at radius 2 is 1.56 bits per heavy atom. The van der Waals surface area contributed by atoms with Gasteiger partial charge in [0.1, 0.15) is 0 Å². The lowest BCUT2D eigenvalue weighted by atomic mass is 10.2. The average molecular weight is 378 g/mol. The van der Waals surface area contributed by atoms with Crippen LogP contribution < -0.4 is 15.1 Å². The molecule has 1 aliphatic heterocycles. The van der Waals surface area contributed by atoms with Gasteiger partial charge in [-0.2, -0.15) is 0 Å². The molecular formula is C19H21F3N4O. The van der Waals surface area contributed by atoms with Gasteiger partial charge in [-0.15, -0.1) is 0 Å². The Morgan fingerprint density at radius 1 is 0.926 bits per heavy atom. The summed E-state index contributed by atoms with van der Waals surface area (Å²) in [6.07, 6.45) is 0. The second kappa shape index (κ2) is 7.77. The molecule has 0 radical (unpaired) electrons. The number of piperazine rings is 1. The molecule has 5 nitrogen and oxygen atoms in total. The zero-order chi connectivity index (χ0) is 19.6. The minimum atomic E-state index is -1.60. The lowest BCUT2D eigenvalue weighted by Gasteiger charge is -2.36. The number of anilines is 3. The van der Waals surface area contributed by atoms with Crippen molar-refractivity contribution >= 4 is 23.1 Å². The number of carbonyl (C=O) groups is 1. The summed E-state index contributed by atoms with van der Waals surface area (Å²) in [6, 6.07) is 9.36. The normalized spacial score (nSPS) is 14.3. The number of halogens is 3. The van der Waals surface area contributed by atoms with Crippen molar-refractivity contribution in [1.82, 2.24) is 4.90 Å². The quantitative estimate of drug-likeness (QED) is 0.831. The Kier molecular flexibility index (Phi) is 5.43. The third-order valence-corrected chi connectivity index (χ3v) is 4.57. The van der Waals surface area contributed by atoms with E-state index in [2.05, 4.69) is 10.2 Å². The van der Waals surface area contributed by atoms with Crippen molar-refractivity contribution in [1.29, 1.82) is 0 Å². The van der Waals surface area contributed by atoms with Gasteiger partial charge in [0.2, 0.25) is 0 Å². The van der Waals surface area contributed by atoms with Crippen LogP contribution in [-0.2, 0) is 0 Å². The number of benzene rings is 2. The first-order valence-electron chi connectivity index (χ1n) is 8.58. The maximum absolute atomic E-state index is 13.7. The first kappa shape index (κ1) is 18.9. The van der Waals surface area contributed by atoms with Gasteiger partial charge in [-0.1, -0.05) is 0 Å². The minimum Gasteiger partial charge on any atom is -0.378 e. The summed E-state index contributed by atoms with van der Waals surface area (Å²) in [5.74, 6) is -4.29. The second-order valence-electron chi connectivity index (χ2n) is 6.54. The zero-order valence-electron chi connectivity index (χ0n) is 15.2. The van der Waals surface area contributed by atoms with Crippen LogP contribution >= 0.6 is 0 Å². The number of amides is 2. The van der Waals surface area contributed by atoms with Crippen LogP contribution in [0.1, 0.15) is 0 Å². The number of hydrogen-bond acceptors (Lipinski definition) is 3. The third-order valence-electron chi connectivity index (χ3n) is 4.57. The number of hydrogen-bond donors (Lipinski definition) is 1. The van der Waals surface area contributed by atoms with Gasteiger partial charge >= 0.3 is 6.03 Å². The fourth-order valence-electron chi connectivity index (χ4n) is 2.95. The number of carbonyl (C=O) groups excluding carboxylic acids is 1. The van der Waals surface area contributed by atoms with Crippen LogP contribution in [0.2, 0.25) is 0 Å². The van der Waals surface area contributed by atoms with Crippen molar-refractivity contribution in [2.24, 2.45) is 0 Å². The predicted octanol–water partition coefficient (Wildman–Crippen LogP) is 3.52. The van der Waals surface area contributed by atoms with Gasteiger partial charge in [-0.3, -0.25) is 0 Å². The van der Waals surface area contributed by atoms with Crippen molar-refractivity contribution < 1.29 is 18.0 Å². The molecule has 0 unspecified atom stereocenters. The van der Waals surface area contributed by atoms with Gasteiger partial charge in [0.05, 0.1) is 5.69 Å². The molecular weight excluding hydrogens is 357 g/mol. The zero-order valence-corrected chi connectivity index (χ0v) is 15.2. The number of rotatable bonds is 3. The highest BCUT2D eigenvalue weighted by Gasteiger charge is 2.23. The lowest BCUT2D eigenvalue weighted by Crippen LogP contribution is -2.50. The summed E-state index contributed by atoms with van der Waals surface area (Å²) < 4.78 is 40.0. The summed E-state index contributed by atoms with van der Waals surface area (Å²) in [5, 5.41) is 2.30. The van der Waals surface area contributed by atoms with Crippen molar-refractivity contribution in [3.63, 3.8) is 0 Å². The van der Waals surface area contributed by atoms with E-state index in [0.29, 0.717) is 26.2 Å². The minimum absolute atomic E-state index is 0.374. The van der Waals surface area contributed by atoms with E-state index in [-0.39, 0.29) is 5.69 Å². The molecule has 1 heterocycles. The fraction of sp³-hybridized carbons (Fsp3) is 0.316. The second-order valence-corrected chi connectivity index (χ2v) is 6.54. The lowest BCUT2D eigenvalue weighted by molar-refractivity contribution is 0.208. The topological polar surface area (TPSA) is 38.8 Å². The molecule has 0 bridgehead atoms. The standard InChI is InChI=1S/C19H21F3N4O/c1-24(2)13-3-5-14(6-4-13)25-9-11-26(12-10-25)19(27)23-16-8-7-15(20)17(21)18(16)22/h3-8H,9-12H2,1-2H3,(H,23,27). The van der Waals surface area contributed by atoms with Crippen molar-refractivity contribution in [2.45, 2.75) is 0 Å². The van der Waals surface area contributed by atoms with Crippen molar-refractivity contribution in [3.05, 3.63) is 53.8 Å². The Labute approximate surface area is 156 Å². The highest BCUT2D eigenvalue weighted by Crippen LogP contribution is 2.22. The molecule has 1 fully saturated rings. The van der Waals surface area contributed by atoms with E-state index >= 15 is 0 Å². The largest absolute Gasteiger partial charge is 0.378 e. The molecule has 3 rings (SSSR count). The van der Waals surface area contributed by atoms with E-state index < -0.39 is 23.5 Å². The highest BCUT2D eigenvalue weighted by atomic mass is 19.2. The molecule has 8 heteroatoms. The smallest absolute Gasteiger partial charge is 0.322 e. The molecule has 0 saturated carbocycles. The summed E-state index contributed by atoms with van der Waals surface area (Å²) in [4.78, 5) is 18.0. The molecule has 0 aliphatic carbocycles. The molecule has 2 amide bonds. The van der Waals surface area contributed by atoms with E-state index in [9.17, 15) is 18.0 Å². The maximum atomic E-state index is 13.7. The highest BCUT2D eigenvalue weighted by molar-refractivity contribution is 5.89. The molecule has 27 heavy (non-hydrogen) atoms. The molecule has 1 N–H and O–H groups in total. The first-order valence-corrected chi connectivity index (χ1v) is 8.58. The van der Waals surface area contributed by atoms with Crippen LogP contribution in [0.5, 0.6) is 0 Å². The molecule has 0 aromatic heterocycles. The van der Waals surface area contributed by atoms with E-state index in [1.165, 1.54) is 4.90 Å². The van der Waals surface area contributed by atoms with Crippen molar-refractivity contribution in [3.8, 4) is 0 Å². The Bertz CT molecular complexity index is 818. The SMILES string of the molecule is CN(C)c1ccc(N2CCN(C(=O)Nc3ccc(F)c(F)c3F)CC2)cc1. The number of nitrogens with one attached hydrogen (secondary N) is 1. The summed E-state index contributed by atoms with van der Waals surface area (Å²) in [6.45, 7) is 2.11. The van der Waals surface area contributed by atoms with Gasteiger partial charge < -0.3 is 20.0 Å². The monoisotopic (exact) mass is 378 g/mol. The van der Waals surface area contributed by atoms with E-state index in [1.807, 2.05) is 43.3 Å². The van der Waals surface area contributed by atoms with Gasteiger partial charge in [-0.05, 0) is 36.4 Å². The average Bonchev–Trinajstić information content (AvgIpc) is 2.68. The molecule has 2 aromatic carbocycles. The van der Waals surface area contributed by atoms with Crippen LogP contribution in [0.3, 0.4) is 0 Å². The van der Waals surface area contributed by atoms with Crippen LogP contribution in [-0.4, -0.2) is 51.2 Å². The van der Waals surface area contributed by atoms with Gasteiger partial charge in [-0.25, -0.2) is 18.0 Å². The van der Waals surface area contributed by atoms with E-state index in [4.69, 9.17) is 0 Å². The Morgan fingerprint density at radius 3 is 2.15 bits per heavy atom. The molecule has 0 atom stereocenters. The van der Waals surface area contributed by atoms with E-state index in [1.54, 1.807) is 0 Å². The molecule has 0 spiro atoms. The van der Waals surface area contributed by atoms with Gasteiger partial charge in [0.25, 0.3) is 0 Å². The summed E-state index contributed by atoms with van der Waals surface area (Å²) >= 11 is 0. The van der Waals surface area contributed by atoms with Crippen LogP contribution in [0.25, 0.3) is 0 Å². The predicted molar refractivity (Wildman–Crippen MR) is 99.9 cm³/mol. The maximum Gasteiger partial charge on any atom is 0.322 e. The Balaban J connectivity index is 1.58. The molecule has 1 aliphatic rings. The Hall–Kier alpha value is -2.90. The number of nitrogens with zero attached hydrogens (tertiary/aromatic N) is 3. The third kappa shape index (κ3) is 4.10. The first-order chi connectivity index (χ1) is 12.9. The summed E-state index contributed by atoms with van der Waals surface area (Å²) in [7, 11) is 3.95. The summed E-state index contributed by atoms with van der Waals surface area (Å²) in [5.41, 5.74) is 1.79. The van der Waals surface area contributed by atoms with Gasteiger partial charge in [0, 0.05) is 51.6 Å². The number of urea groups is 1. The van der Waals surface area contributed by atoms with Crippen molar-refractivity contribution in [2.75, 3.05) is 55.4 Å².